The molecule has 1 aliphatic heterocycles. The molecule has 132 valence electrons. The number of anilines is 2. The molecule has 1 saturated heterocycles. The molecule has 25 heavy (non-hydrogen) atoms. The second kappa shape index (κ2) is 8.30. The number of carbonyl (C=O) groups is 1. The Balaban J connectivity index is 1.54. The topological polar surface area (TPSA) is 41.6 Å². The number of carbonyl (C=O) groups excluding carboxylic acids is 1. The van der Waals surface area contributed by atoms with Crippen LogP contribution in [0.25, 0.3) is 0 Å². The van der Waals surface area contributed by atoms with E-state index >= 15 is 0 Å². The fourth-order valence-electron chi connectivity index (χ4n) is 2.97. The lowest BCUT2D eigenvalue weighted by molar-refractivity contribution is -0.118. The molecule has 0 bridgehead atoms. The lowest BCUT2D eigenvalue weighted by atomic mass is 10.1. The molecule has 0 aromatic heterocycles. The first-order valence-electron chi connectivity index (χ1n) is 8.58. The Morgan fingerprint density at radius 2 is 1.88 bits per heavy atom. The van der Waals surface area contributed by atoms with Crippen molar-refractivity contribution < 1.29 is 9.53 Å². The normalized spacial score (nSPS) is 13.8. The third kappa shape index (κ3) is 4.69. The van der Waals surface area contributed by atoms with Crippen LogP contribution >= 0.6 is 11.8 Å². The monoisotopic (exact) mass is 356 g/mol. The van der Waals surface area contributed by atoms with Gasteiger partial charge in [0.2, 0.25) is 0 Å². The van der Waals surface area contributed by atoms with Crippen molar-refractivity contribution in [2.24, 2.45) is 0 Å². The molecule has 0 atom stereocenters. The summed E-state index contributed by atoms with van der Waals surface area (Å²) in [6.45, 7) is 4.27. The highest BCUT2D eigenvalue weighted by molar-refractivity contribution is 7.98. The van der Waals surface area contributed by atoms with Crippen LogP contribution in [-0.4, -0.2) is 31.9 Å². The van der Waals surface area contributed by atoms with Crippen LogP contribution < -0.4 is 15.0 Å². The van der Waals surface area contributed by atoms with Gasteiger partial charge in [-0.25, -0.2) is 0 Å². The quantitative estimate of drug-likeness (QED) is 0.782. The zero-order valence-corrected chi connectivity index (χ0v) is 15.6. The lowest BCUT2D eigenvalue weighted by Crippen LogP contribution is -2.21. The average molecular weight is 356 g/mol. The highest BCUT2D eigenvalue weighted by Gasteiger charge is 2.13. The van der Waals surface area contributed by atoms with Crippen LogP contribution in [-0.2, 0) is 4.79 Å². The van der Waals surface area contributed by atoms with Crippen LogP contribution in [0.2, 0.25) is 0 Å². The largest absolute Gasteiger partial charge is 0.484 e. The van der Waals surface area contributed by atoms with Crippen LogP contribution in [0.4, 0.5) is 11.4 Å². The van der Waals surface area contributed by atoms with Gasteiger partial charge in [-0.05, 0) is 74.0 Å². The molecule has 1 amide bonds. The van der Waals surface area contributed by atoms with E-state index in [0.29, 0.717) is 5.75 Å². The van der Waals surface area contributed by atoms with Crippen molar-refractivity contribution in [1.82, 2.24) is 0 Å². The van der Waals surface area contributed by atoms with Crippen LogP contribution in [0.5, 0.6) is 5.75 Å². The Bertz CT molecular complexity index is 725. The van der Waals surface area contributed by atoms with E-state index in [9.17, 15) is 4.79 Å². The number of thioether (sulfide) groups is 1. The summed E-state index contributed by atoms with van der Waals surface area (Å²) in [5.74, 6) is 0.556. The number of nitrogens with one attached hydrogen (secondary N) is 1. The second-order valence-electron chi connectivity index (χ2n) is 6.21. The van der Waals surface area contributed by atoms with Crippen molar-refractivity contribution in [1.29, 1.82) is 0 Å². The molecule has 2 aromatic carbocycles. The molecule has 3 rings (SSSR count). The molecule has 1 N–H and O–H groups in total. The molecule has 0 radical (unpaired) electrons. The van der Waals surface area contributed by atoms with Crippen LogP contribution in [0, 0.1) is 6.92 Å². The molecule has 0 aliphatic carbocycles. The smallest absolute Gasteiger partial charge is 0.262 e. The Kier molecular flexibility index (Phi) is 5.87. The number of benzene rings is 2. The fraction of sp³-hybridized carbons (Fsp3) is 0.350. The van der Waals surface area contributed by atoms with E-state index in [-0.39, 0.29) is 12.5 Å². The van der Waals surface area contributed by atoms with E-state index in [1.54, 1.807) is 11.8 Å². The molecule has 1 aliphatic rings. The second-order valence-corrected chi connectivity index (χ2v) is 7.09. The van der Waals surface area contributed by atoms with E-state index in [0.717, 1.165) is 24.3 Å². The molecule has 1 heterocycles. The van der Waals surface area contributed by atoms with E-state index in [4.69, 9.17) is 4.74 Å². The Morgan fingerprint density at radius 3 is 2.52 bits per heavy atom. The van der Waals surface area contributed by atoms with Crippen molar-refractivity contribution in [2.75, 3.05) is 36.2 Å². The Labute approximate surface area is 153 Å². The number of nitrogens with zero attached hydrogens (tertiary/aromatic N) is 1. The fourth-order valence-corrected chi connectivity index (χ4v) is 3.38. The SMILES string of the molecule is CSc1ccc(OCC(=O)Nc2ccc(N3CCCC3)cc2C)cc1. The minimum absolute atomic E-state index is 0.00588. The van der Waals surface area contributed by atoms with Gasteiger partial charge in [-0.15, -0.1) is 11.8 Å². The number of ether oxygens (including phenoxy) is 1. The Morgan fingerprint density at radius 1 is 1.16 bits per heavy atom. The molecule has 1 fully saturated rings. The van der Waals surface area contributed by atoms with Gasteiger partial charge in [0.1, 0.15) is 5.75 Å². The predicted octanol–water partition coefficient (Wildman–Crippen LogP) is 4.33. The third-order valence-electron chi connectivity index (χ3n) is 4.38. The van der Waals surface area contributed by atoms with Gasteiger partial charge in [-0.1, -0.05) is 0 Å². The van der Waals surface area contributed by atoms with Gasteiger partial charge in [-0.2, -0.15) is 0 Å². The number of aryl methyl sites for hydroxylation is 1. The van der Waals surface area contributed by atoms with Gasteiger partial charge in [-0.3, -0.25) is 4.79 Å². The van der Waals surface area contributed by atoms with E-state index in [1.165, 1.54) is 23.4 Å². The van der Waals surface area contributed by atoms with Gasteiger partial charge in [0.05, 0.1) is 0 Å². The number of amides is 1. The highest BCUT2D eigenvalue weighted by Crippen LogP contribution is 2.25. The van der Waals surface area contributed by atoms with Crippen LogP contribution in [0.1, 0.15) is 18.4 Å². The number of hydrogen-bond acceptors (Lipinski definition) is 4. The molecular weight excluding hydrogens is 332 g/mol. The van der Waals surface area contributed by atoms with Gasteiger partial charge < -0.3 is 15.0 Å². The van der Waals surface area contributed by atoms with Gasteiger partial charge in [0.15, 0.2) is 6.61 Å². The van der Waals surface area contributed by atoms with Gasteiger partial charge in [0.25, 0.3) is 5.91 Å². The summed E-state index contributed by atoms with van der Waals surface area (Å²) in [5.41, 5.74) is 3.15. The maximum Gasteiger partial charge on any atom is 0.262 e. The summed E-state index contributed by atoms with van der Waals surface area (Å²) in [7, 11) is 0. The summed E-state index contributed by atoms with van der Waals surface area (Å²) < 4.78 is 5.55. The molecule has 5 heteroatoms. The zero-order valence-electron chi connectivity index (χ0n) is 14.7. The summed E-state index contributed by atoms with van der Waals surface area (Å²) in [4.78, 5) is 15.7. The first-order valence-corrected chi connectivity index (χ1v) is 9.80. The molecular formula is C20H24N2O2S. The first kappa shape index (κ1) is 17.7. The molecule has 4 nitrogen and oxygen atoms in total. The minimum atomic E-state index is -0.147. The minimum Gasteiger partial charge on any atom is -0.484 e. The first-order chi connectivity index (χ1) is 12.2. The molecule has 0 saturated carbocycles. The van der Waals surface area contributed by atoms with E-state index < -0.39 is 0 Å². The summed E-state index contributed by atoms with van der Waals surface area (Å²) >= 11 is 1.68. The number of rotatable bonds is 6. The summed E-state index contributed by atoms with van der Waals surface area (Å²) in [5, 5.41) is 2.93. The van der Waals surface area contributed by atoms with Crippen molar-refractivity contribution in [3.63, 3.8) is 0 Å². The maximum atomic E-state index is 12.2. The van der Waals surface area contributed by atoms with Crippen molar-refractivity contribution >= 4 is 29.0 Å². The lowest BCUT2D eigenvalue weighted by Gasteiger charge is -2.19. The zero-order chi connectivity index (χ0) is 17.6. The number of hydrogen-bond donors (Lipinski definition) is 1. The van der Waals surface area contributed by atoms with Gasteiger partial charge in [0, 0.05) is 29.4 Å². The maximum absolute atomic E-state index is 12.2. The Hall–Kier alpha value is -2.14. The molecule has 0 unspecified atom stereocenters. The van der Waals surface area contributed by atoms with Crippen LogP contribution in [0.3, 0.4) is 0 Å². The van der Waals surface area contributed by atoms with Crippen molar-refractivity contribution in [3.05, 3.63) is 48.0 Å². The standard InChI is InChI=1S/C20H24N2O2S/c1-15-13-16(22-11-3-4-12-22)5-10-19(15)21-20(23)14-24-17-6-8-18(25-2)9-7-17/h5-10,13H,3-4,11-12,14H2,1-2H3,(H,21,23). The highest BCUT2D eigenvalue weighted by atomic mass is 32.2. The van der Waals surface area contributed by atoms with E-state index in [1.807, 2.05) is 43.5 Å². The summed E-state index contributed by atoms with van der Waals surface area (Å²) in [6.07, 6.45) is 4.54. The summed E-state index contributed by atoms with van der Waals surface area (Å²) in [6, 6.07) is 13.9. The van der Waals surface area contributed by atoms with Crippen molar-refractivity contribution in [2.45, 2.75) is 24.7 Å². The van der Waals surface area contributed by atoms with Crippen LogP contribution in [0.15, 0.2) is 47.4 Å². The third-order valence-corrected chi connectivity index (χ3v) is 5.13. The predicted molar refractivity (Wildman–Crippen MR) is 105 cm³/mol. The molecule has 2 aromatic rings. The van der Waals surface area contributed by atoms with Gasteiger partial charge >= 0.3 is 0 Å². The average Bonchev–Trinajstić information content (AvgIpc) is 3.17. The van der Waals surface area contributed by atoms with Crippen molar-refractivity contribution in [3.8, 4) is 5.75 Å². The van der Waals surface area contributed by atoms with E-state index in [2.05, 4.69) is 22.3 Å². The molecule has 0 spiro atoms.